The topological polar surface area (TPSA) is 84.0 Å². The van der Waals surface area contributed by atoms with Gasteiger partial charge in [-0.15, -0.1) is 0 Å². The second-order valence-corrected chi connectivity index (χ2v) is 11.6. The van der Waals surface area contributed by atoms with Crippen LogP contribution in [-0.2, 0) is 9.59 Å². The predicted molar refractivity (Wildman–Crippen MR) is 160 cm³/mol. The van der Waals surface area contributed by atoms with E-state index in [1.165, 1.54) is 19.2 Å². The molecule has 0 N–H and O–H groups in total. The van der Waals surface area contributed by atoms with E-state index in [0.29, 0.717) is 16.3 Å². The maximum Gasteiger partial charge on any atom is 0.273 e. The zero-order valence-electron chi connectivity index (χ0n) is 23.4. The summed E-state index contributed by atoms with van der Waals surface area (Å²) in [6.45, 7) is 1.54. The van der Waals surface area contributed by atoms with Gasteiger partial charge in [-0.05, 0) is 77.7 Å². The first-order valence-corrected chi connectivity index (χ1v) is 14.5. The van der Waals surface area contributed by atoms with E-state index in [1.54, 1.807) is 43.3 Å². The molecule has 3 amide bonds. The summed E-state index contributed by atoms with van der Waals surface area (Å²) in [5, 5.41) is 2.43. The fourth-order valence-corrected chi connectivity index (χ4v) is 7.27. The van der Waals surface area contributed by atoms with Crippen LogP contribution >= 0.6 is 11.6 Å². The molecule has 8 heteroatoms. The molecule has 1 fully saturated rings. The molecule has 2 bridgehead atoms. The van der Waals surface area contributed by atoms with Gasteiger partial charge in [0.2, 0.25) is 0 Å². The Morgan fingerprint density at radius 3 is 1.60 bits per heavy atom. The molecule has 4 aliphatic rings. The van der Waals surface area contributed by atoms with Gasteiger partial charge in [0.1, 0.15) is 11.8 Å². The number of imide groups is 1. The van der Waals surface area contributed by atoms with Crippen molar-refractivity contribution in [1.29, 1.82) is 0 Å². The molecule has 1 saturated heterocycles. The van der Waals surface area contributed by atoms with Gasteiger partial charge in [-0.25, -0.2) is 5.01 Å². The molecule has 3 atom stereocenters. The van der Waals surface area contributed by atoms with Crippen molar-refractivity contribution in [2.45, 2.75) is 24.8 Å². The quantitative estimate of drug-likeness (QED) is 0.207. The smallest absolute Gasteiger partial charge is 0.273 e. The average molecular weight is 591 g/mol. The number of carbonyl (C=O) groups is 4. The maximum absolute atomic E-state index is 14.5. The number of hydrazine groups is 1. The van der Waals surface area contributed by atoms with Gasteiger partial charge in [-0.3, -0.25) is 19.2 Å². The van der Waals surface area contributed by atoms with Crippen LogP contribution in [0.3, 0.4) is 0 Å². The van der Waals surface area contributed by atoms with Crippen LogP contribution in [-0.4, -0.2) is 46.7 Å². The van der Waals surface area contributed by atoms with Gasteiger partial charge in [0, 0.05) is 28.0 Å². The number of nitrogens with zero attached hydrogens (tertiary/aromatic N) is 2. The second kappa shape index (κ2) is 10.2. The lowest BCUT2D eigenvalue weighted by molar-refractivity contribution is -0.156. The monoisotopic (exact) mass is 590 g/mol. The summed E-state index contributed by atoms with van der Waals surface area (Å²) in [6.07, 6.45) is 0. The highest BCUT2D eigenvalue weighted by atomic mass is 35.5. The van der Waals surface area contributed by atoms with Gasteiger partial charge in [-0.2, -0.15) is 5.01 Å². The van der Waals surface area contributed by atoms with Gasteiger partial charge in [0.15, 0.2) is 5.78 Å². The number of Topliss-reactive ketones (excluding diaryl/α,β-unsaturated/α-hetero) is 1. The lowest BCUT2D eigenvalue weighted by Crippen LogP contribution is -2.56. The largest absolute Gasteiger partial charge is 0.497 e. The molecule has 1 heterocycles. The maximum atomic E-state index is 14.5. The Morgan fingerprint density at radius 2 is 1.16 bits per heavy atom. The highest BCUT2D eigenvalue weighted by Gasteiger charge is 2.63. The van der Waals surface area contributed by atoms with Crippen LogP contribution in [0.2, 0.25) is 5.02 Å². The third-order valence-electron chi connectivity index (χ3n) is 9.06. The van der Waals surface area contributed by atoms with E-state index < -0.39 is 41.4 Å². The summed E-state index contributed by atoms with van der Waals surface area (Å²) in [6, 6.07) is 27.4. The number of rotatable bonds is 6. The number of hydrogen-bond donors (Lipinski definition) is 0. The molecule has 8 rings (SSSR count). The molecular weight excluding hydrogens is 564 g/mol. The van der Waals surface area contributed by atoms with Crippen molar-refractivity contribution in [2.75, 3.05) is 7.11 Å². The molecule has 4 aromatic carbocycles. The van der Waals surface area contributed by atoms with Crippen molar-refractivity contribution in [3.63, 3.8) is 0 Å². The van der Waals surface area contributed by atoms with Gasteiger partial charge in [0.25, 0.3) is 17.7 Å². The predicted octanol–water partition coefficient (Wildman–Crippen LogP) is 5.87. The normalized spacial score (nSPS) is 22.0. The second-order valence-electron chi connectivity index (χ2n) is 11.2. The minimum Gasteiger partial charge on any atom is -0.497 e. The highest BCUT2D eigenvalue weighted by molar-refractivity contribution is 6.30. The Kier molecular flexibility index (Phi) is 6.43. The molecule has 0 radical (unpaired) electrons. The van der Waals surface area contributed by atoms with Crippen molar-refractivity contribution in [3.05, 3.63) is 135 Å². The molecule has 43 heavy (non-hydrogen) atoms. The molecule has 0 unspecified atom stereocenters. The third-order valence-corrected chi connectivity index (χ3v) is 9.31. The number of amides is 3. The zero-order chi connectivity index (χ0) is 30.0. The first-order valence-electron chi connectivity index (χ1n) is 14.1. The van der Waals surface area contributed by atoms with Crippen LogP contribution < -0.4 is 4.74 Å². The van der Waals surface area contributed by atoms with E-state index >= 15 is 0 Å². The molecule has 214 valence electrons. The first-order chi connectivity index (χ1) is 20.8. The average Bonchev–Trinajstić information content (AvgIpc) is 3.30. The lowest BCUT2D eigenvalue weighted by atomic mass is 9.55. The molecule has 4 aromatic rings. The Bertz CT molecular complexity index is 1690. The van der Waals surface area contributed by atoms with Crippen LogP contribution in [0.15, 0.2) is 97.1 Å². The van der Waals surface area contributed by atoms with Crippen LogP contribution in [0.5, 0.6) is 5.75 Å². The van der Waals surface area contributed by atoms with Crippen molar-refractivity contribution < 1.29 is 23.9 Å². The number of ether oxygens (including phenoxy) is 1. The van der Waals surface area contributed by atoms with E-state index in [0.717, 1.165) is 32.3 Å². The third kappa shape index (κ3) is 4.02. The summed E-state index contributed by atoms with van der Waals surface area (Å²) < 4.78 is 5.22. The van der Waals surface area contributed by atoms with Gasteiger partial charge in [0.05, 0.1) is 18.9 Å². The molecule has 3 aliphatic carbocycles. The molecule has 0 spiro atoms. The molecular formula is C35H27ClN2O5. The number of benzene rings is 4. The van der Waals surface area contributed by atoms with Crippen molar-refractivity contribution >= 4 is 35.1 Å². The van der Waals surface area contributed by atoms with Crippen molar-refractivity contribution in [2.24, 2.45) is 11.8 Å². The molecule has 7 nitrogen and oxygen atoms in total. The summed E-state index contributed by atoms with van der Waals surface area (Å²) in [5.41, 5.74) is 4.60. The Labute approximate surface area is 253 Å². The van der Waals surface area contributed by atoms with Crippen molar-refractivity contribution in [3.8, 4) is 5.75 Å². The van der Waals surface area contributed by atoms with E-state index in [2.05, 4.69) is 0 Å². The van der Waals surface area contributed by atoms with Crippen LogP contribution in [0.25, 0.3) is 0 Å². The number of hydrogen-bond acceptors (Lipinski definition) is 5. The van der Waals surface area contributed by atoms with Crippen LogP contribution in [0.1, 0.15) is 61.7 Å². The van der Waals surface area contributed by atoms with Gasteiger partial charge >= 0.3 is 0 Å². The van der Waals surface area contributed by atoms with Crippen LogP contribution in [0, 0.1) is 11.8 Å². The lowest BCUT2D eigenvalue weighted by Gasteiger charge is -2.45. The Morgan fingerprint density at radius 1 is 0.721 bits per heavy atom. The molecule has 0 aromatic heterocycles. The number of ketones is 1. The standard InChI is InChI=1S/C35H27ClN2O5/c1-19(32(39)20-13-17-23(43-2)18-14-20)37(33(40)21-11-15-22(36)16-12-21)38-34(41)30-28-24-7-3-4-8-25(24)29(31(30)35(38)42)27-10-6-5-9-26(27)28/h3-19,28-31H,1-2H3/t19-,28?,29?,30+,31+/m0/s1. The highest BCUT2D eigenvalue weighted by Crippen LogP contribution is 2.61. The summed E-state index contributed by atoms with van der Waals surface area (Å²) in [4.78, 5) is 57.1. The number of halogens is 1. The van der Waals surface area contributed by atoms with Gasteiger partial charge in [-0.1, -0.05) is 60.1 Å². The van der Waals surface area contributed by atoms with E-state index in [9.17, 15) is 19.2 Å². The zero-order valence-corrected chi connectivity index (χ0v) is 24.2. The summed E-state index contributed by atoms with van der Waals surface area (Å²) in [5.74, 6) is -3.55. The van der Waals surface area contributed by atoms with E-state index in [4.69, 9.17) is 16.3 Å². The minimum atomic E-state index is -1.17. The first kappa shape index (κ1) is 27.1. The Hall–Kier alpha value is -4.75. The Balaban J connectivity index is 1.34. The van der Waals surface area contributed by atoms with E-state index in [-0.39, 0.29) is 17.4 Å². The van der Waals surface area contributed by atoms with E-state index in [1.807, 2.05) is 48.5 Å². The van der Waals surface area contributed by atoms with Gasteiger partial charge < -0.3 is 4.74 Å². The summed E-state index contributed by atoms with van der Waals surface area (Å²) >= 11 is 6.09. The minimum absolute atomic E-state index is 0.198. The number of carbonyl (C=O) groups excluding carboxylic acids is 4. The fraction of sp³-hybridized carbons (Fsp3) is 0.200. The SMILES string of the molecule is COc1ccc(C(=O)[C@H](C)N(C(=O)c2ccc(Cl)cc2)N2C(=O)[C@@H]3C4c5ccccc5C(c5ccccc54)[C@H]3C2=O)cc1. The number of methoxy groups -OCH3 is 1. The van der Waals surface area contributed by atoms with Crippen LogP contribution in [0.4, 0.5) is 0 Å². The van der Waals surface area contributed by atoms with Crippen molar-refractivity contribution in [1.82, 2.24) is 10.0 Å². The summed E-state index contributed by atoms with van der Waals surface area (Å²) in [7, 11) is 1.53. The fourth-order valence-electron chi connectivity index (χ4n) is 7.15. The molecule has 0 saturated carbocycles. The molecule has 1 aliphatic heterocycles.